The van der Waals surface area contributed by atoms with E-state index in [1.54, 1.807) is 0 Å². The summed E-state index contributed by atoms with van der Waals surface area (Å²) < 4.78 is 4.14. The van der Waals surface area contributed by atoms with Gasteiger partial charge in [0.1, 0.15) is 0 Å². The van der Waals surface area contributed by atoms with E-state index in [1.807, 2.05) is 0 Å². The Morgan fingerprint density at radius 2 is 1.28 bits per heavy atom. The fourth-order valence-electron chi connectivity index (χ4n) is 1.37. The van der Waals surface area contributed by atoms with E-state index in [2.05, 4.69) is 11.3 Å². The maximum Gasteiger partial charge on any atom is 0.329 e. The van der Waals surface area contributed by atoms with Gasteiger partial charge in [-0.25, -0.2) is 4.79 Å². The predicted octanol–water partition coefficient (Wildman–Crippen LogP) is 2.44. The number of ether oxygens (including phenoxy) is 1. The zero-order chi connectivity index (χ0) is 14.1. The maximum atomic E-state index is 9.84. The summed E-state index contributed by atoms with van der Waals surface area (Å²) >= 11 is 0. The van der Waals surface area contributed by atoms with E-state index in [4.69, 9.17) is 10.2 Å². The molecule has 0 spiro atoms. The molecule has 4 heteroatoms. The molecule has 2 N–H and O–H groups in total. The zero-order valence-corrected chi connectivity index (χ0v) is 11.6. The lowest BCUT2D eigenvalue weighted by Crippen LogP contribution is -1.91. The topological polar surface area (TPSA) is 66.8 Å². The van der Waals surface area contributed by atoms with Gasteiger partial charge in [-0.05, 0) is 12.8 Å². The summed E-state index contributed by atoms with van der Waals surface area (Å²) in [5.74, 6) is -0.394. The summed E-state index contributed by atoms with van der Waals surface area (Å²) in [4.78, 5) is 9.84. The Morgan fingerprint density at radius 3 is 1.44 bits per heavy atom. The third-order valence-electron chi connectivity index (χ3n) is 2.43. The number of methoxy groups -OCH3 is 1. The highest BCUT2D eigenvalue weighted by Crippen LogP contribution is 2.07. The summed E-state index contributed by atoms with van der Waals surface area (Å²) in [6, 6.07) is 0. The van der Waals surface area contributed by atoms with Crippen molar-refractivity contribution in [2.24, 2.45) is 0 Å². The van der Waals surface area contributed by atoms with E-state index in [0.717, 1.165) is 31.8 Å². The quantitative estimate of drug-likeness (QED) is 0.360. The van der Waals surface area contributed by atoms with Crippen molar-refractivity contribution >= 4 is 5.97 Å². The van der Waals surface area contributed by atoms with Crippen LogP contribution in [0.3, 0.4) is 0 Å². The van der Waals surface area contributed by atoms with Crippen LogP contribution in [0.15, 0.2) is 12.7 Å². The fraction of sp³-hybridized carbons (Fsp3) is 0.786. The second-order valence-corrected chi connectivity index (χ2v) is 4.00. The first-order chi connectivity index (χ1) is 8.72. The first-order valence-corrected chi connectivity index (χ1v) is 6.65. The number of rotatable bonds is 10. The zero-order valence-electron chi connectivity index (χ0n) is 11.6. The van der Waals surface area contributed by atoms with Crippen LogP contribution in [0.4, 0.5) is 0 Å². The molecule has 0 aromatic carbocycles. The first kappa shape index (κ1) is 19.5. The van der Waals surface area contributed by atoms with Gasteiger partial charge in [0.05, 0.1) is 7.11 Å². The van der Waals surface area contributed by atoms with Crippen molar-refractivity contribution < 1.29 is 19.7 Å². The molecule has 0 unspecified atom stereocenters. The van der Waals surface area contributed by atoms with Crippen LogP contribution in [0.1, 0.15) is 51.4 Å². The molecule has 0 atom stereocenters. The maximum absolute atomic E-state index is 9.84. The van der Waals surface area contributed by atoms with Gasteiger partial charge in [-0.2, -0.15) is 0 Å². The van der Waals surface area contributed by atoms with Gasteiger partial charge in [-0.3, -0.25) is 0 Å². The summed E-state index contributed by atoms with van der Waals surface area (Å²) in [6.45, 7) is 3.83. The molecule has 0 fully saturated rings. The lowest BCUT2D eigenvalue weighted by Gasteiger charge is -1.99. The average molecular weight is 260 g/mol. The predicted molar refractivity (Wildman–Crippen MR) is 73.3 cm³/mol. The molecule has 0 saturated heterocycles. The van der Waals surface area contributed by atoms with E-state index in [-0.39, 0.29) is 0 Å². The average Bonchev–Trinajstić information content (AvgIpc) is 2.41. The molecule has 0 aliphatic carbocycles. The molecule has 0 aliphatic rings. The number of hydrogen-bond acceptors (Lipinski definition) is 4. The Hall–Kier alpha value is -0.870. The lowest BCUT2D eigenvalue weighted by atomic mass is 10.1. The number of esters is 1. The van der Waals surface area contributed by atoms with Gasteiger partial charge in [0.25, 0.3) is 0 Å². The van der Waals surface area contributed by atoms with Gasteiger partial charge in [-0.15, -0.1) is 0 Å². The Morgan fingerprint density at radius 1 is 0.944 bits per heavy atom. The van der Waals surface area contributed by atoms with Crippen molar-refractivity contribution in [3.05, 3.63) is 12.7 Å². The minimum atomic E-state index is -0.394. The summed E-state index contributed by atoms with van der Waals surface area (Å²) in [5.41, 5.74) is 0. The van der Waals surface area contributed by atoms with E-state index in [0.29, 0.717) is 13.2 Å². The van der Waals surface area contributed by atoms with Crippen LogP contribution in [0.2, 0.25) is 0 Å². The minimum Gasteiger partial charge on any atom is -0.466 e. The van der Waals surface area contributed by atoms with Crippen LogP contribution in [-0.4, -0.2) is 36.5 Å². The van der Waals surface area contributed by atoms with Gasteiger partial charge in [0, 0.05) is 19.3 Å². The van der Waals surface area contributed by atoms with Gasteiger partial charge in [0.15, 0.2) is 0 Å². The van der Waals surface area contributed by atoms with E-state index in [9.17, 15) is 4.79 Å². The highest BCUT2D eigenvalue weighted by Gasteiger charge is 1.90. The highest BCUT2D eigenvalue weighted by molar-refractivity contribution is 5.80. The molecule has 0 bridgehead atoms. The van der Waals surface area contributed by atoms with Gasteiger partial charge in [0.2, 0.25) is 0 Å². The monoisotopic (exact) mass is 260 g/mol. The first-order valence-electron chi connectivity index (χ1n) is 6.65. The minimum absolute atomic E-state index is 0.338. The smallest absolute Gasteiger partial charge is 0.329 e. The number of carbonyl (C=O) groups excluding carboxylic acids is 1. The van der Waals surface area contributed by atoms with Crippen molar-refractivity contribution in [1.29, 1.82) is 0 Å². The van der Waals surface area contributed by atoms with Gasteiger partial charge >= 0.3 is 5.97 Å². The van der Waals surface area contributed by atoms with Crippen LogP contribution in [-0.2, 0) is 9.53 Å². The standard InChI is InChI=1S/C10H22O2.C4H6O2/c11-9-7-5-3-1-2-4-6-8-10-12;1-3-4(5)6-2/h11-12H,1-10H2;3H,1H2,2H3. The SMILES string of the molecule is C=CC(=O)OC.OCCCCCCCCCCO. The summed E-state index contributed by atoms with van der Waals surface area (Å²) in [5, 5.41) is 17.0. The molecule has 108 valence electrons. The van der Waals surface area contributed by atoms with Crippen LogP contribution >= 0.6 is 0 Å². The molecule has 4 nitrogen and oxygen atoms in total. The number of aliphatic hydroxyl groups is 2. The van der Waals surface area contributed by atoms with Crippen LogP contribution < -0.4 is 0 Å². The Kier molecular flexibility index (Phi) is 20.0. The van der Waals surface area contributed by atoms with Gasteiger partial charge < -0.3 is 14.9 Å². The molecular formula is C14H28O4. The Balaban J connectivity index is 0. The van der Waals surface area contributed by atoms with E-state index in [1.165, 1.54) is 32.8 Å². The van der Waals surface area contributed by atoms with Crippen LogP contribution in [0.25, 0.3) is 0 Å². The molecular weight excluding hydrogens is 232 g/mol. The molecule has 0 radical (unpaired) electrons. The Bertz CT molecular complexity index is 171. The number of aliphatic hydroxyl groups excluding tert-OH is 2. The third kappa shape index (κ3) is 20.5. The molecule has 0 aromatic rings. The van der Waals surface area contributed by atoms with Crippen molar-refractivity contribution in [2.45, 2.75) is 51.4 Å². The van der Waals surface area contributed by atoms with Crippen molar-refractivity contribution in [3.63, 3.8) is 0 Å². The fourth-order valence-corrected chi connectivity index (χ4v) is 1.37. The highest BCUT2D eigenvalue weighted by atomic mass is 16.5. The molecule has 0 amide bonds. The normalized spacial score (nSPS) is 9.28. The second-order valence-electron chi connectivity index (χ2n) is 4.00. The molecule has 18 heavy (non-hydrogen) atoms. The van der Waals surface area contributed by atoms with Crippen molar-refractivity contribution in [3.8, 4) is 0 Å². The van der Waals surface area contributed by atoms with Gasteiger partial charge in [-0.1, -0.05) is 45.1 Å². The molecule has 0 aliphatic heterocycles. The van der Waals surface area contributed by atoms with Crippen LogP contribution in [0.5, 0.6) is 0 Å². The molecule has 0 saturated carbocycles. The largest absolute Gasteiger partial charge is 0.466 e. The van der Waals surface area contributed by atoms with Crippen molar-refractivity contribution in [2.75, 3.05) is 20.3 Å². The lowest BCUT2D eigenvalue weighted by molar-refractivity contribution is -0.134. The molecule has 0 rings (SSSR count). The van der Waals surface area contributed by atoms with E-state index >= 15 is 0 Å². The van der Waals surface area contributed by atoms with Crippen LogP contribution in [0, 0.1) is 0 Å². The summed E-state index contributed by atoms with van der Waals surface area (Å²) in [6.07, 6.45) is 10.4. The Labute approximate surface area is 111 Å². The van der Waals surface area contributed by atoms with E-state index < -0.39 is 5.97 Å². The van der Waals surface area contributed by atoms with Crippen molar-refractivity contribution in [1.82, 2.24) is 0 Å². The number of unbranched alkanes of at least 4 members (excludes halogenated alkanes) is 7. The number of hydrogen-bond donors (Lipinski definition) is 2. The summed E-state index contributed by atoms with van der Waals surface area (Å²) in [7, 11) is 1.31. The molecule has 0 heterocycles. The third-order valence-corrected chi connectivity index (χ3v) is 2.43. The second kappa shape index (κ2) is 18.5. The molecule has 0 aromatic heterocycles. The number of carbonyl (C=O) groups is 1.